The molecule has 0 saturated heterocycles. The summed E-state index contributed by atoms with van der Waals surface area (Å²) >= 11 is 0. The number of benzene rings is 3. The third-order valence-corrected chi connectivity index (χ3v) is 9.74. The van der Waals surface area contributed by atoms with E-state index in [4.69, 9.17) is 5.11 Å². The van der Waals surface area contributed by atoms with Gasteiger partial charge in [-0.05, 0) is 103 Å². The van der Waals surface area contributed by atoms with E-state index in [1.54, 1.807) is 6.07 Å². The summed E-state index contributed by atoms with van der Waals surface area (Å²) in [5, 5.41) is 27.2. The second-order valence-electron chi connectivity index (χ2n) is 13.4. The second kappa shape index (κ2) is 15.5. The van der Waals surface area contributed by atoms with Crippen LogP contribution in [0.15, 0.2) is 66.7 Å². The average Bonchev–Trinajstić information content (AvgIpc) is 3.07. The lowest BCUT2D eigenvalue weighted by atomic mass is 9.79. The van der Waals surface area contributed by atoms with Gasteiger partial charge in [0, 0.05) is 34.6 Å². The zero-order valence-corrected chi connectivity index (χ0v) is 26.9. The number of amides is 3. The number of aliphatic hydroxyl groups is 2. The highest BCUT2D eigenvalue weighted by Gasteiger charge is 2.22. The van der Waals surface area contributed by atoms with Crippen LogP contribution in [0.1, 0.15) is 119 Å². The van der Waals surface area contributed by atoms with Crippen LogP contribution in [0.5, 0.6) is 0 Å². The van der Waals surface area contributed by atoms with Gasteiger partial charge >= 0.3 is 0 Å². The number of nitrogens with one attached hydrogen (secondary N) is 3. The molecule has 2 aliphatic rings. The van der Waals surface area contributed by atoms with Crippen LogP contribution in [0, 0.1) is 11.8 Å². The smallest absolute Gasteiger partial charge is 0.255 e. The van der Waals surface area contributed by atoms with Crippen molar-refractivity contribution in [2.24, 2.45) is 11.8 Å². The minimum atomic E-state index is -1.11. The zero-order chi connectivity index (χ0) is 32.6. The van der Waals surface area contributed by atoms with Crippen LogP contribution in [0.25, 0.3) is 0 Å². The lowest BCUT2D eigenvalue weighted by Gasteiger charge is -2.26. The molecule has 0 aliphatic heterocycles. The standard InChI is InChI=1S/C38H47N3O5/c1-24-3-7-26(8-4-24)28-11-15-30(16-12-28)37(45)40-33-19-32(36(44)39-22-35(43)23-42)20-34(21-33)41-38(46)31-17-13-29(14-18-31)27-9-5-25(2)6-10-27/h11-21,24-27,35,42-43H,3-10,22-23H2,1-2H3,(H,39,44)(H,40,45)(H,41,46). The van der Waals surface area contributed by atoms with Gasteiger partial charge in [-0.25, -0.2) is 0 Å². The molecular weight excluding hydrogens is 578 g/mol. The first-order valence-corrected chi connectivity index (χ1v) is 16.7. The Labute approximate surface area is 272 Å². The van der Waals surface area contributed by atoms with Crippen LogP contribution in [0.3, 0.4) is 0 Å². The molecule has 2 saturated carbocycles. The number of aliphatic hydroxyl groups excluding tert-OH is 2. The molecule has 0 bridgehead atoms. The summed E-state index contributed by atoms with van der Waals surface area (Å²) in [4.78, 5) is 39.5. The van der Waals surface area contributed by atoms with Crippen molar-refractivity contribution in [3.8, 4) is 0 Å². The summed E-state index contributed by atoms with van der Waals surface area (Å²) < 4.78 is 0. The van der Waals surface area contributed by atoms with E-state index in [2.05, 4.69) is 29.8 Å². The summed E-state index contributed by atoms with van der Waals surface area (Å²) in [6.07, 6.45) is 8.43. The first kappa shape index (κ1) is 33.4. The van der Waals surface area contributed by atoms with Crippen molar-refractivity contribution in [2.75, 3.05) is 23.8 Å². The molecule has 46 heavy (non-hydrogen) atoms. The van der Waals surface area contributed by atoms with Crippen LogP contribution >= 0.6 is 0 Å². The van der Waals surface area contributed by atoms with E-state index in [0.29, 0.717) is 34.3 Å². The molecule has 1 unspecified atom stereocenters. The fraction of sp³-hybridized carbons (Fsp3) is 0.447. The molecule has 0 heterocycles. The molecule has 244 valence electrons. The summed E-state index contributed by atoms with van der Waals surface area (Å²) in [7, 11) is 0. The molecule has 3 aromatic rings. The first-order chi connectivity index (χ1) is 22.2. The van der Waals surface area contributed by atoms with E-state index in [1.165, 1.54) is 48.9 Å². The van der Waals surface area contributed by atoms with E-state index >= 15 is 0 Å². The highest BCUT2D eigenvalue weighted by molar-refractivity contribution is 6.08. The van der Waals surface area contributed by atoms with Crippen LogP contribution in [0.4, 0.5) is 11.4 Å². The summed E-state index contributed by atoms with van der Waals surface area (Å²) in [6, 6.07) is 20.1. The molecule has 3 amide bonds. The number of anilines is 2. The Morgan fingerprint density at radius 2 is 1.04 bits per heavy atom. The summed E-state index contributed by atoms with van der Waals surface area (Å²) in [5.74, 6) is 1.40. The maximum Gasteiger partial charge on any atom is 0.255 e. The number of hydrogen-bond donors (Lipinski definition) is 5. The quantitative estimate of drug-likeness (QED) is 0.168. The normalized spacial score (nSPS) is 22.0. The predicted molar refractivity (Wildman–Crippen MR) is 181 cm³/mol. The van der Waals surface area contributed by atoms with E-state index in [9.17, 15) is 19.5 Å². The number of carbonyl (C=O) groups is 3. The van der Waals surface area contributed by atoms with Gasteiger partial charge in [0.15, 0.2) is 0 Å². The van der Waals surface area contributed by atoms with Crippen molar-refractivity contribution in [1.82, 2.24) is 5.32 Å². The third kappa shape index (κ3) is 8.83. The van der Waals surface area contributed by atoms with E-state index in [-0.39, 0.29) is 23.9 Å². The summed E-state index contributed by atoms with van der Waals surface area (Å²) in [5.41, 5.74) is 4.34. The maximum atomic E-state index is 13.3. The maximum absolute atomic E-state index is 13.3. The fourth-order valence-corrected chi connectivity index (χ4v) is 6.69. The van der Waals surface area contributed by atoms with Crippen molar-refractivity contribution in [3.63, 3.8) is 0 Å². The van der Waals surface area contributed by atoms with Gasteiger partial charge in [-0.2, -0.15) is 0 Å². The molecule has 2 fully saturated rings. The van der Waals surface area contributed by atoms with E-state index < -0.39 is 18.6 Å². The molecule has 0 aromatic heterocycles. The van der Waals surface area contributed by atoms with Gasteiger partial charge in [0.1, 0.15) is 0 Å². The minimum absolute atomic E-state index is 0.147. The molecule has 0 radical (unpaired) electrons. The Kier molecular flexibility index (Phi) is 11.3. The van der Waals surface area contributed by atoms with Crippen molar-refractivity contribution >= 4 is 29.1 Å². The molecule has 2 aliphatic carbocycles. The lowest BCUT2D eigenvalue weighted by Crippen LogP contribution is -2.34. The second-order valence-corrected chi connectivity index (χ2v) is 13.4. The largest absolute Gasteiger partial charge is 0.394 e. The molecule has 5 N–H and O–H groups in total. The van der Waals surface area contributed by atoms with Crippen molar-refractivity contribution in [2.45, 2.75) is 83.2 Å². The Morgan fingerprint density at radius 3 is 1.43 bits per heavy atom. The Morgan fingerprint density at radius 1 is 0.630 bits per heavy atom. The molecular formula is C38H47N3O5. The summed E-state index contributed by atoms with van der Waals surface area (Å²) in [6.45, 7) is 3.96. The lowest BCUT2D eigenvalue weighted by molar-refractivity contribution is 0.0801. The topological polar surface area (TPSA) is 128 Å². The molecule has 0 spiro atoms. The molecule has 1 atom stereocenters. The van der Waals surface area contributed by atoms with Crippen molar-refractivity contribution in [3.05, 3.63) is 94.5 Å². The Balaban J connectivity index is 1.30. The SMILES string of the molecule is CC1CCC(c2ccc(C(=O)Nc3cc(NC(=O)c4ccc(C5CCC(C)CC5)cc4)cc(C(=O)NCC(O)CO)c3)cc2)CC1. The van der Waals surface area contributed by atoms with Crippen molar-refractivity contribution < 1.29 is 24.6 Å². The van der Waals surface area contributed by atoms with Gasteiger partial charge in [-0.1, -0.05) is 63.8 Å². The number of rotatable bonds is 10. The van der Waals surface area contributed by atoms with Gasteiger partial charge < -0.3 is 26.2 Å². The van der Waals surface area contributed by atoms with Crippen molar-refractivity contribution in [1.29, 1.82) is 0 Å². The predicted octanol–water partition coefficient (Wildman–Crippen LogP) is 6.86. The molecule has 8 nitrogen and oxygen atoms in total. The van der Waals surface area contributed by atoms with Crippen LogP contribution in [-0.2, 0) is 0 Å². The Bertz CT molecular complexity index is 1390. The van der Waals surface area contributed by atoms with Crippen LogP contribution in [-0.4, -0.2) is 47.2 Å². The van der Waals surface area contributed by atoms with Gasteiger partial charge in [-0.15, -0.1) is 0 Å². The van der Waals surface area contributed by atoms with Crippen LogP contribution < -0.4 is 16.0 Å². The highest BCUT2D eigenvalue weighted by Crippen LogP contribution is 2.36. The average molecular weight is 626 g/mol. The first-order valence-electron chi connectivity index (χ1n) is 16.7. The van der Waals surface area contributed by atoms with Gasteiger partial charge in [0.25, 0.3) is 17.7 Å². The van der Waals surface area contributed by atoms with E-state index in [1.807, 2.05) is 48.5 Å². The zero-order valence-electron chi connectivity index (χ0n) is 26.9. The van der Waals surface area contributed by atoms with E-state index in [0.717, 1.165) is 37.5 Å². The molecule has 3 aromatic carbocycles. The molecule has 5 rings (SSSR count). The fourth-order valence-electron chi connectivity index (χ4n) is 6.69. The monoisotopic (exact) mass is 625 g/mol. The molecule has 8 heteroatoms. The number of hydrogen-bond acceptors (Lipinski definition) is 5. The van der Waals surface area contributed by atoms with Gasteiger partial charge in [-0.3, -0.25) is 14.4 Å². The van der Waals surface area contributed by atoms with Gasteiger partial charge in [0.2, 0.25) is 0 Å². The van der Waals surface area contributed by atoms with Gasteiger partial charge in [0.05, 0.1) is 12.7 Å². The van der Waals surface area contributed by atoms with Crippen LogP contribution in [0.2, 0.25) is 0 Å². The Hall–Kier alpha value is -4.01. The highest BCUT2D eigenvalue weighted by atomic mass is 16.3. The number of carbonyl (C=O) groups excluding carboxylic acids is 3. The minimum Gasteiger partial charge on any atom is -0.394 e. The third-order valence-electron chi connectivity index (χ3n) is 9.74.